The summed E-state index contributed by atoms with van der Waals surface area (Å²) in [7, 11) is 1.67. The van der Waals surface area contributed by atoms with E-state index in [1.165, 1.54) is 23.1 Å². The van der Waals surface area contributed by atoms with E-state index in [2.05, 4.69) is 15.5 Å². The minimum absolute atomic E-state index is 0.139. The molecule has 0 bridgehead atoms. The van der Waals surface area contributed by atoms with Gasteiger partial charge in [0.1, 0.15) is 5.82 Å². The van der Waals surface area contributed by atoms with Crippen LogP contribution in [0.2, 0.25) is 0 Å². The normalized spacial score (nSPS) is 10.3. The van der Waals surface area contributed by atoms with Gasteiger partial charge in [0.2, 0.25) is 5.91 Å². The molecule has 2 aromatic rings. The van der Waals surface area contributed by atoms with Crippen molar-refractivity contribution in [3.63, 3.8) is 0 Å². The fraction of sp³-hybridized carbons (Fsp3) is 0.250. The molecular weight excluding hydrogens is 235 g/mol. The summed E-state index contributed by atoms with van der Waals surface area (Å²) in [6.07, 6.45) is 2.37. The molecule has 1 amide bonds. The highest BCUT2D eigenvalue weighted by Crippen LogP contribution is 2.06. The molecule has 0 saturated heterocycles. The number of carbonyl (C=O) groups is 1. The van der Waals surface area contributed by atoms with E-state index >= 15 is 0 Å². The van der Waals surface area contributed by atoms with Gasteiger partial charge in [-0.25, -0.2) is 4.39 Å². The van der Waals surface area contributed by atoms with Gasteiger partial charge in [-0.15, -0.1) is 5.10 Å². The van der Waals surface area contributed by atoms with Crippen LogP contribution in [0.5, 0.6) is 0 Å². The highest BCUT2D eigenvalue weighted by Gasteiger charge is 2.05. The molecule has 1 aromatic carbocycles. The summed E-state index contributed by atoms with van der Waals surface area (Å²) < 4.78 is 12.7. The van der Waals surface area contributed by atoms with Crippen molar-refractivity contribution < 1.29 is 9.18 Å². The lowest BCUT2D eigenvalue weighted by Crippen LogP contribution is -2.13. The Morgan fingerprint density at radius 2 is 2.11 bits per heavy atom. The van der Waals surface area contributed by atoms with Crippen molar-refractivity contribution in [2.24, 2.45) is 7.05 Å². The van der Waals surface area contributed by atoms with Crippen molar-refractivity contribution in [1.82, 2.24) is 15.0 Å². The highest BCUT2D eigenvalue weighted by atomic mass is 19.1. The second-order valence-corrected chi connectivity index (χ2v) is 3.89. The Bertz CT molecular complexity index is 535. The third kappa shape index (κ3) is 3.38. The summed E-state index contributed by atoms with van der Waals surface area (Å²) in [5.41, 5.74) is 0.922. The van der Waals surface area contributed by atoms with Crippen LogP contribution in [0, 0.1) is 5.82 Å². The van der Waals surface area contributed by atoms with Crippen molar-refractivity contribution in [3.05, 3.63) is 41.8 Å². The zero-order valence-corrected chi connectivity index (χ0v) is 9.93. The van der Waals surface area contributed by atoms with Crippen LogP contribution in [0.1, 0.15) is 12.0 Å². The average Bonchev–Trinajstić information content (AvgIpc) is 2.74. The van der Waals surface area contributed by atoms with Gasteiger partial charge < -0.3 is 5.32 Å². The molecule has 1 aromatic heterocycles. The Labute approximate surface area is 104 Å². The van der Waals surface area contributed by atoms with Crippen LogP contribution >= 0.6 is 0 Å². The van der Waals surface area contributed by atoms with Crippen molar-refractivity contribution >= 4 is 11.7 Å². The molecule has 6 heteroatoms. The predicted molar refractivity (Wildman–Crippen MR) is 64.4 cm³/mol. The van der Waals surface area contributed by atoms with E-state index in [0.29, 0.717) is 18.7 Å². The SMILES string of the molecule is Cn1ncc(NC(=O)CCc2ccc(F)cc2)n1. The molecule has 0 atom stereocenters. The van der Waals surface area contributed by atoms with Crippen LogP contribution in [-0.2, 0) is 18.3 Å². The van der Waals surface area contributed by atoms with E-state index in [1.807, 2.05) is 0 Å². The number of aromatic nitrogens is 3. The Balaban J connectivity index is 1.83. The summed E-state index contributed by atoms with van der Waals surface area (Å²) in [6, 6.07) is 6.11. The minimum Gasteiger partial charge on any atom is -0.308 e. The van der Waals surface area contributed by atoms with Gasteiger partial charge in [0.15, 0.2) is 5.82 Å². The van der Waals surface area contributed by atoms with Crippen LogP contribution in [0.3, 0.4) is 0 Å². The molecule has 0 radical (unpaired) electrons. The first kappa shape index (κ1) is 12.2. The van der Waals surface area contributed by atoms with Crippen LogP contribution in [0.25, 0.3) is 0 Å². The quantitative estimate of drug-likeness (QED) is 0.892. The third-order valence-electron chi connectivity index (χ3n) is 2.42. The first-order valence-electron chi connectivity index (χ1n) is 5.54. The Kier molecular flexibility index (Phi) is 3.66. The molecule has 1 N–H and O–H groups in total. The van der Waals surface area contributed by atoms with Gasteiger partial charge >= 0.3 is 0 Å². The van der Waals surface area contributed by atoms with Gasteiger partial charge in [-0.05, 0) is 24.1 Å². The Hall–Kier alpha value is -2.24. The number of benzene rings is 1. The second kappa shape index (κ2) is 5.39. The molecule has 0 aliphatic carbocycles. The molecule has 2 rings (SSSR count). The summed E-state index contributed by atoms with van der Waals surface area (Å²) in [4.78, 5) is 13.0. The number of halogens is 1. The first-order valence-corrected chi connectivity index (χ1v) is 5.54. The van der Waals surface area contributed by atoms with Gasteiger partial charge in [-0.1, -0.05) is 12.1 Å². The monoisotopic (exact) mass is 248 g/mol. The van der Waals surface area contributed by atoms with E-state index in [1.54, 1.807) is 19.2 Å². The molecule has 0 unspecified atom stereocenters. The molecule has 18 heavy (non-hydrogen) atoms. The van der Waals surface area contributed by atoms with Crippen LogP contribution in [0.15, 0.2) is 30.5 Å². The second-order valence-electron chi connectivity index (χ2n) is 3.89. The lowest BCUT2D eigenvalue weighted by Gasteiger charge is -2.02. The van der Waals surface area contributed by atoms with E-state index in [0.717, 1.165) is 5.56 Å². The summed E-state index contributed by atoms with van der Waals surface area (Å²) in [5.74, 6) is 0.0178. The Morgan fingerprint density at radius 3 is 2.72 bits per heavy atom. The van der Waals surface area contributed by atoms with E-state index in [4.69, 9.17) is 0 Å². The highest BCUT2D eigenvalue weighted by molar-refractivity contribution is 5.89. The number of nitrogens with one attached hydrogen (secondary N) is 1. The van der Waals surface area contributed by atoms with Gasteiger partial charge in [0.25, 0.3) is 0 Å². The zero-order chi connectivity index (χ0) is 13.0. The largest absolute Gasteiger partial charge is 0.308 e. The number of amides is 1. The number of aryl methyl sites for hydroxylation is 2. The first-order chi connectivity index (χ1) is 8.63. The smallest absolute Gasteiger partial charge is 0.225 e. The van der Waals surface area contributed by atoms with Gasteiger partial charge in [-0.3, -0.25) is 4.79 Å². The standard InChI is InChI=1S/C12H13FN4O/c1-17-14-8-11(16-17)15-12(18)7-4-9-2-5-10(13)6-3-9/h2-3,5-6,8H,4,7H2,1H3,(H,15,16,18). The van der Waals surface area contributed by atoms with Crippen LogP contribution in [0.4, 0.5) is 10.2 Å². The maximum Gasteiger partial charge on any atom is 0.225 e. The van der Waals surface area contributed by atoms with Crippen LogP contribution < -0.4 is 5.32 Å². The summed E-state index contributed by atoms with van der Waals surface area (Å²) in [5, 5.41) is 10.4. The molecular formula is C12H13FN4O. The number of anilines is 1. The maximum absolute atomic E-state index is 12.7. The Morgan fingerprint density at radius 1 is 1.39 bits per heavy atom. The molecule has 0 spiro atoms. The van der Waals surface area contributed by atoms with E-state index < -0.39 is 0 Å². The lowest BCUT2D eigenvalue weighted by atomic mass is 10.1. The summed E-state index contributed by atoms with van der Waals surface area (Å²) >= 11 is 0. The molecule has 0 fully saturated rings. The van der Waals surface area contributed by atoms with Crippen LogP contribution in [-0.4, -0.2) is 20.9 Å². The van der Waals surface area contributed by atoms with Crippen molar-refractivity contribution in [1.29, 1.82) is 0 Å². The van der Waals surface area contributed by atoms with Crippen molar-refractivity contribution in [2.45, 2.75) is 12.8 Å². The number of nitrogens with zero attached hydrogens (tertiary/aromatic N) is 3. The fourth-order valence-corrected chi connectivity index (χ4v) is 1.52. The van der Waals surface area contributed by atoms with Gasteiger partial charge in [0, 0.05) is 13.5 Å². The average molecular weight is 248 g/mol. The molecule has 1 heterocycles. The molecule has 5 nitrogen and oxygen atoms in total. The molecule has 94 valence electrons. The summed E-state index contributed by atoms with van der Waals surface area (Å²) in [6.45, 7) is 0. The fourth-order valence-electron chi connectivity index (χ4n) is 1.52. The third-order valence-corrected chi connectivity index (χ3v) is 2.42. The number of rotatable bonds is 4. The number of carbonyl (C=O) groups excluding carboxylic acids is 1. The molecule has 0 aliphatic heterocycles. The lowest BCUT2D eigenvalue weighted by molar-refractivity contribution is -0.116. The number of hydrogen-bond acceptors (Lipinski definition) is 3. The van der Waals surface area contributed by atoms with Gasteiger partial charge in [0.05, 0.1) is 6.20 Å². The molecule has 0 aliphatic rings. The maximum atomic E-state index is 12.7. The zero-order valence-electron chi connectivity index (χ0n) is 9.93. The van der Waals surface area contributed by atoms with E-state index in [9.17, 15) is 9.18 Å². The minimum atomic E-state index is -0.275. The van der Waals surface area contributed by atoms with Crippen molar-refractivity contribution in [2.75, 3.05) is 5.32 Å². The predicted octanol–water partition coefficient (Wildman–Crippen LogP) is 1.53. The molecule has 0 saturated carbocycles. The number of hydrogen-bond donors (Lipinski definition) is 1. The van der Waals surface area contributed by atoms with Crippen molar-refractivity contribution in [3.8, 4) is 0 Å². The van der Waals surface area contributed by atoms with Gasteiger partial charge in [-0.2, -0.15) is 9.90 Å². The van der Waals surface area contributed by atoms with E-state index in [-0.39, 0.29) is 11.7 Å². The topological polar surface area (TPSA) is 59.8 Å².